The Hall–Kier alpha value is -2.85. The third kappa shape index (κ3) is 7.53. The minimum atomic E-state index is -4.19. The molecule has 0 heterocycles. The summed E-state index contributed by atoms with van der Waals surface area (Å²) in [6.45, 7) is 1.95. The van der Waals surface area contributed by atoms with Gasteiger partial charge in [0.1, 0.15) is 11.5 Å². The first kappa shape index (κ1) is 23.4. The van der Waals surface area contributed by atoms with Crippen molar-refractivity contribution in [2.45, 2.75) is 24.8 Å². The fourth-order valence-electron chi connectivity index (χ4n) is 2.08. The highest BCUT2D eigenvalue weighted by molar-refractivity contribution is 8.15. The van der Waals surface area contributed by atoms with E-state index in [-0.39, 0.29) is 28.7 Å². The lowest BCUT2D eigenvalue weighted by Crippen LogP contribution is -2.16. The molecule has 0 bridgehead atoms. The number of benzene rings is 2. The molecule has 0 aromatic heterocycles. The van der Waals surface area contributed by atoms with Gasteiger partial charge in [-0.1, -0.05) is 64.9 Å². The number of carbonyl (C=O) groups excluding carboxylic acids is 2. The maximum atomic E-state index is 12.2. The number of ether oxygens (including phenoxy) is 2. The van der Waals surface area contributed by atoms with E-state index in [9.17, 15) is 18.0 Å². The number of esters is 2. The van der Waals surface area contributed by atoms with Crippen molar-refractivity contribution in [1.29, 1.82) is 0 Å². The normalized spacial score (nSPS) is 11.6. The molecule has 0 fully saturated rings. The molecule has 160 valence electrons. The molecule has 0 saturated heterocycles. The molecule has 2 rings (SSSR count). The van der Waals surface area contributed by atoms with Crippen LogP contribution in [0, 0.1) is 6.92 Å². The average molecular weight is 452 g/mol. The van der Waals surface area contributed by atoms with Crippen LogP contribution in [0.5, 0.6) is 0 Å². The van der Waals surface area contributed by atoms with Crippen molar-refractivity contribution in [1.82, 2.24) is 0 Å². The van der Waals surface area contributed by atoms with Crippen LogP contribution in [0.4, 0.5) is 0 Å². The van der Waals surface area contributed by atoms with Crippen molar-refractivity contribution < 1.29 is 31.8 Å². The highest BCUT2D eigenvalue weighted by atomic mass is 32.2. The Bertz CT molecular complexity index is 988. The Morgan fingerprint density at radius 2 is 1.70 bits per heavy atom. The molecule has 2 aromatic rings. The summed E-state index contributed by atoms with van der Waals surface area (Å²) >= 11 is 0.828. The molecule has 2 aromatic carbocycles. The van der Waals surface area contributed by atoms with Gasteiger partial charge in [0.25, 0.3) is 0 Å². The zero-order chi connectivity index (χ0) is 22.0. The number of thioether (sulfide) groups is 1. The van der Waals surface area contributed by atoms with Gasteiger partial charge in [0.2, 0.25) is 5.04 Å². The zero-order valence-electron chi connectivity index (χ0n) is 16.4. The standard InChI is InChI=1S/C20H21NO7S2/c1-15-8-10-17(11-9-15)30(24,25)28-21-19(20(23)26-2)29-13-12-18(22)27-14-16-6-4-3-5-7-16/h3-11H,12-14H2,1-2H3/b21-19-. The van der Waals surface area contributed by atoms with Crippen molar-refractivity contribution in [3.8, 4) is 0 Å². The number of aryl methyl sites for hydroxylation is 1. The number of rotatable bonds is 8. The molecule has 0 aliphatic rings. The second kappa shape index (κ2) is 11.4. The number of nitrogens with zero attached hydrogens (tertiary/aromatic N) is 1. The van der Waals surface area contributed by atoms with Crippen molar-refractivity contribution in [3.05, 3.63) is 65.7 Å². The van der Waals surface area contributed by atoms with Gasteiger partial charge in [-0.15, -0.1) is 0 Å². The highest BCUT2D eigenvalue weighted by Gasteiger charge is 2.20. The monoisotopic (exact) mass is 451 g/mol. The Balaban J connectivity index is 1.91. The Morgan fingerprint density at radius 1 is 1.03 bits per heavy atom. The van der Waals surface area contributed by atoms with E-state index in [1.165, 1.54) is 12.1 Å². The van der Waals surface area contributed by atoms with Gasteiger partial charge in [0.15, 0.2) is 0 Å². The lowest BCUT2D eigenvalue weighted by Gasteiger charge is -2.06. The lowest BCUT2D eigenvalue weighted by atomic mass is 10.2. The first-order valence-electron chi connectivity index (χ1n) is 8.81. The van der Waals surface area contributed by atoms with E-state index in [4.69, 9.17) is 4.74 Å². The molecular weight excluding hydrogens is 430 g/mol. The summed E-state index contributed by atoms with van der Waals surface area (Å²) in [5, 5.41) is 3.09. The lowest BCUT2D eigenvalue weighted by molar-refractivity contribution is -0.144. The van der Waals surface area contributed by atoms with Crippen molar-refractivity contribution in [2.24, 2.45) is 5.16 Å². The minimum Gasteiger partial charge on any atom is -0.464 e. The molecule has 0 aliphatic carbocycles. The quantitative estimate of drug-likeness (QED) is 0.261. The number of hydrogen-bond acceptors (Lipinski definition) is 9. The van der Waals surface area contributed by atoms with Gasteiger partial charge in [-0.25, -0.2) is 4.79 Å². The van der Waals surface area contributed by atoms with E-state index in [1.54, 1.807) is 12.1 Å². The molecule has 10 heteroatoms. The Kier molecular flexibility index (Phi) is 8.88. The average Bonchev–Trinajstić information content (AvgIpc) is 2.75. The summed E-state index contributed by atoms with van der Waals surface area (Å²) in [5.41, 5.74) is 1.73. The largest absolute Gasteiger partial charge is 0.464 e. The summed E-state index contributed by atoms with van der Waals surface area (Å²) in [6, 6.07) is 15.1. The maximum Gasteiger partial charge on any atom is 0.366 e. The topological polar surface area (TPSA) is 108 Å². The first-order valence-corrected chi connectivity index (χ1v) is 11.2. The molecule has 0 amide bonds. The van der Waals surface area contributed by atoms with E-state index in [2.05, 4.69) is 14.2 Å². The molecule has 0 unspecified atom stereocenters. The van der Waals surface area contributed by atoms with E-state index in [0.717, 1.165) is 30.0 Å². The Morgan fingerprint density at radius 3 is 2.33 bits per heavy atom. The van der Waals surface area contributed by atoms with E-state index in [1.807, 2.05) is 37.3 Å². The minimum absolute atomic E-state index is 0.0156. The molecule has 30 heavy (non-hydrogen) atoms. The molecular formula is C20H21NO7S2. The predicted octanol–water partition coefficient (Wildman–Crippen LogP) is 3.05. The summed E-state index contributed by atoms with van der Waals surface area (Å²) in [6.07, 6.45) is -0.0156. The van der Waals surface area contributed by atoms with Gasteiger partial charge in [-0.2, -0.15) is 8.42 Å². The van der Waals surface area contributed by atoms with Crippen molar-refractivity contribution >= 4 is 38.9 Å². The van der Waals surface area contributed by atoms with E-state index < -0.39 is 22.1 Å². The van der Waals surface area contributed by atoms with Gasteiger partial charge in [0, 0.05) is 5.75 Å². The van der Waals surface area contributed by atoms with Crippen LogP contribution in [0.25, 0.3) is 0 Å². The number of methoxy groups -OCH3 is 1. The second-order valence-corrected chi connectivity index (χ2v) is 8.59. The molecule has 0 N–H and O–H groups in total. The molecule has 0 atom stereocenters. The van der Waals surface area contributed by atoms with Gasteiger partial charge in [-0.3, -0.25) is 9.08 Å². The summed E-state index contributed by atoms with van der Waals surface area (Å²) in [7, 11) is -3.07. The molecule has 0 aliphatic heterocycles. The molecule has 0 radical (unpaired) electrons. The smallest absolute Gasteiger partial charge is 0.366 e. The Labute approximate surface area is 179 Å². The third-order valence-corrected chi connectivity index (χ3v) is 5.72. The SMILES string of the molecule is COC(=O)/C(=N/OS(=O)(=O)c1ccc(C)cc1)SCCC(=O)OCc1ccccc1. The molecule has 0 saturated carbocycles. The van der Waals surface area contributed by atoms with Crippen LogP contribution in [0.3, 0.4) is 0 Å². The fraction of sp³-hybridized carbons (Fsp3) is 0.250. The van der Waals surface area contributed by atoms with E-state index in [0.29, 0.717) is 0 Å². The summed E-state index contributed by atoms with van der Waals surface area (Å²) in [4.78, 5) is 23.6. The first-order chi connectivity index (χ1) is 14.3. The fourth-order valence-corrected chi connectivity index (χ4v) is 3.61. The van der Waals surface area contributed by atoms with Crippen LogP contribution in [-0.2, 0) is 40.1 Å². The summed E-state index contributed by atoms with van der Waals surface area (Å²) < 4.78 is 38.7. The third-order valence-electron chi connectivity index (χ3n) is 3.68. The van der Waals surface area contributed by atoms with Crippen molar-refractivity contribution in [2.75, 3.05) is 12.9 Å². The highest BCUT2D eigenvalue weighted by Crippen LogP contribution is 2.16. The summed E-state index contributed by atoms with van der Waals surface area (Å²) in [5.74, 6) is -1.23. The molecule has 8 nitrogen and oxygen atoms in total. The van der Waals surface area contributed by atoms with Crippen LogP contribution in [0.1, 0.15) is 17.5 Å². The van der Waals surface area contributed by atoms with Gasteiger partial charge < -0.3 is 9.47 Å². The van der Waals surface area contributed by atoms with E-state index >= 15 is 0 Å². The number of oxime groups is 1. The van der Waals surface area contributed by atoms with Gasteiger partial charge in [0.05, 0.1) is 13.5 Å². The number of hydrogen-bond donors (Lipinski definition) is 0. The van der Waals surface area contributed by atoms with Crippen LogP contribution in [0.15, 0.2) is 64.6 Å². The maximum absolute atomic E-state index is 12.2. The van der Waals surface area contributed by atoms with Gasteiger partial charge in [-0.05, 0) is 24.6 Å². The van der Waals surface area contributed by atoms with Crippen LogP contribution < -0.4 is 0 Å². The van der Waals surface area contributed by atoms with Crippen molar-refractivity contribution in [3.63, 3.8) is 0 Å². The molecule has 0 spiro atoms. The second-order valence-electron chi connectivity index (χ2n) is 5.97. The number of carbonyl (C=O) groups is 2. The van der Waals surface area contributed by atoms with Gasteiger partial charge >= 0.3 is 22.1 Å². The van der Waals surface area contributed by atoms with Crippen LogP contribution >= 0.6 is 11.8 Å². The predicted molar refractivity (Wildman–Crippen MR) is 112 cm³/mol. The van der Waals surface area contributed by atoms with Crippen LogP contribution in [-0.4, -0.2) is 38.3 Å². The van der Waals surface area contributed by atoms with Crippen LogP contribution in [0.2, 0.25) is 0 Å². The zero-order valence-corrected chi connectivity index (χ0v) is 18.1.